The number of anilines is 1. The molecular weight excluding hydrogens is 266 g/mol. The maximum absolute atomic E-state index is 4.01. The van der Waals surface area contributed by atoms with Gasteiger partial charge in [-0.1, -0.05) is 62.9 Å². The topological polar surface area (TPSA) is 3.24 Å². The summed E-state index contributed by atoms with van der Waals surface area (Å²) in [6.45, 7) is 9.44. The molecule has 0 heterocycles. The van der Waals surface area contributed by atoms with E-state index >= 15 is 0 Å². The van der Waals surface area contributed by atoms with Gasteiger partial charge in [0.05, 0.1) is 0 Å². The summed E-state index contributed by atoms with van der Waals surface area (Å²) in [5, 5.41) is 0. The van der Waals surface area contributed by atoms with Crippen molar-refractivity contribution in [2.75, 3.05) is 11.9 Å². The van der Waals surface area contributed by atoms with E-state index in [0.717, 1.165) is 6.54 Å². The molecule has 22 heavy (non-hydrogen) atoms. The van der Waals surface area contributed by atoms with E-state index in [2.05, 4.69) is 80.9 Å². The number of hydrogen-bond acceptors (Lipinski definition) is 1. The Bertz CT molecular complexity index is 597. The monoisotopic (exact) mass is 293 g/mol. The molecule has 116 valence electrons. The van der Waals surface area contributed by atoms with E-state index < -0.39 is 0 Å². The summed E-state index contributed by atoms with van der Waals surface area (Å²) in [6, 6.07) is 17.4. The van der Waals surface area contributed by atoms with E-state index in [4.69, 9.17) is 0 Å². The second-order valence-electron chi connectivity index (χ2n) is 5.88. The predicted molar refractivity (Wildman–Crippen MR) is 98.4 cm³/mol. The molecular formula is C21H27N. The first-order valence-corrected chi connectivity index (χ1v) is 8.21. The van der Waals surface area contributed by atoms with Crippen molar-refractivity contribution in [1.82, 2.24) is 0 Å². The molecule has 0 saturated heterocycles. The Kier molecular flexibility index (Phi) is 5.83. The first-order valence-electron chi connectivity index (χ1n) is 8.21. The predicted octanol–water partition coefficient (Wildman–Crippen LogP) is 5.87. The van der Waals surface area contributed by atoms with Gasteiger partial charge in [-0.15, -0.1) is 0 Å². The van der Waals surface area contributed by atoms with Crippen LogP contribution in [0.15, 0.2) is 55.1 Å². The van der Waals surface area contributed by atoms with Crippen LogP contribution in [0.3, 0.4) is 0 Å². The molecule has 0 radical (unpaired) electrons. The number of rotatable bonds is 7. The number of hydrogen-bond donors (Lipinski definition) is 0. The Hall–Kier alpha value is -2.02. The first-order chi connectivity index (χ1) is 10.7. The zero-order chi connectivity index (χ0) is 15.9. The van der Waals surface area contributed by atoms with Crippen LogP contribution in [-0.2, 0) is 6.54 Å². The quantitative estimate of drug-likeness (QED) is 0.617. The summed E-state index contributed by atoms with van der Waals surface area (Å²) in [4.78, 5) is 2.29. The van der Waals surface area contributed by atoms with Crippen LogP contribution in [-0.4, -0.2) is 7.05 Å². The van der Waals surface area contributed by atoms with Crippen LogP contribution in [0.2, 0.25) is 0 Å². The summed E-state index contributed by atoms with van der Waals surface area (Å²) in [5.74, 6) is 0.646. The third kappa shape index (κ3) is 3.79. The Morgan fingerprint density at radius 1 is 1.05 bits per heavy atom. The van der Waals surface area contributed by atoms with Crippen LogP contribution < -0.4 is 4.90 Å². The fraction of sp³-hybridized carbons (Fsp3) is 0.333. The molecule has 0 N–H and O–H groups in total. The second kappa shape index (κ2) is 7.84. The lowest BCUT2D eigenvalue weighted by molar-refractivity contribution is 0.642. The van der Waals surface area contributed by atoms with Crippen molar-refractivity contribution in [2.24, 2.45) is 0 Å². The molecule has 0 atom stereocenters. The van der Waals surface area contributed by atoms with Crippen LogP contribution >= 0.6 is 0 Å². The highest BCUT2D eigenvalue weighted by molar-refractivity contribution is 5.67. The van der Waals surface area contributed by atoms with Gasteiger partial charge in [0.25, 0.3) is 0 Å². The molecule has 1 heteroatoms. The lowest BCUT2D eigenvalue weighted by Gasteiger charge is -2.23. The van der Waals surface area contributed by atoms with E-state index in [0.29, 0.717) is 5.92 Å². The Morgan fingerprint density at radius 3 is 2.32 bits per heavy atom. The van der Waals surface area contributed by atoms with Gasteiger partial charge in [0.15, 0.2) is 0 Å². The van der Waals surface area contributed by atoms with Gasteiger partial charge in [-0.2, -0.15) is 0 Å². The smallest absolute Gasteiger partial charge is 0.0440 e. The standard InChI is InChI=1S/C21H27N/c1-5-18(6-2)20-13-14-21(19(7-3)15-20)22(4)16-17-11-9-8-10-12-17/h7-15,18H,3,5-6,16H2,1-2,4H3. The van der Waals surface area contributed by atoms with E-state index in [9.17, 15) is 0 Å². The minimum Gasteiger partial charge on any atom is -0.370 e. The molecule has 0 saturated carbocycles. The van der Waals surface area contributed by atoms with Crippen molar-refractivity contribution in [3.63, 3.8) is 0 Å². The van der Waals surface area contributed by atoms with Crippen LogP contribution in [0.5, 0.6) is 0 Å². The van der Waals surface area contributed by atoms with Crippen LogP contribution in [0.1, 0.15) is 49.3 Å². The van der Waals surface area contributed by atoms with Gasteiger partial charge in [0, 0.05) is 19.3 Å². The summed E-state index contributed by atoms with van der Waals surface area (Å²) in [6.07, 6.45) is 4.35. The van der Waals surface area contributed by atoms with Crippen molar-refractivity contribution in [2.45, 2.75) is 39.2 Å². The Labute approximate surface area is 135 Å². The maximum atomic E-state index is 4.01. The molecule has 2 rings (SSSR count). The van der Waals surface area contributed by atoms with Crippen LogP contribution in [0, 0.1) is 0 Å². The third-order valence-electron chi connectivity index (χ3n) is 4.40. The minimum absolute atomic E-state index is 0.646. The first kappa shape index (κ1) is 16.4. The van der Waals surface area contributed by atoms with Crippen LogP contribution in [0.4, 0.5) is 5.69 Å². The summed E-state index contributed by atoms with van der Waals surface area (Å²) < 4.78 is 0. The number of benzene rings is 2. The van der Waals surface area contributed by atoms with E-state index in [-0.39, 0.29) is 0 Å². The maximum Gasteiger partial charge on any atom is 0.0440 e. The summed E-state index contributed by atoms with van der Waals surface area (Å²) in [5.41, 5.74) is 5.22. The van der Waals surface area contributed by atoms with E-state index in [1.807, 2.05) is 6.08 Å². The largest absolute Gasteiger partial charge is 0.370 e. The molecule has 0 aliphatic heterocycles. The molecule has 2 aromatic rings. The molecule has 0 bridgehead atoms. The fourth-order valence-electron chi connectivity index (χ4n) is 3.04. The van der Waals surface area contributed by atoms with Crippen molar-refractivity contribution in [1.29, 1.82) is 0 Å². The van der Waals surface area contributed by atoms with Gasteiger partial charge in [0.2, 0.25) is 0 Å². The van der Waals surface area contributed by atoms with Gasteiger partial charge in [-0.3, -0.25) is 0 Å². The molecule has 0 fully saturated rings. The van der Waals surface area contributed by atoms with Crippen molar-refractivity contribution >= 4 is 11.8 Å². The van der Waals surface area contributed by atoms with Crippen molar-refractivity contribution < 1.29 is 0 Å². The molecule has 0 amide bonds. The molecule has 1 nitrogen and oxygen atoms in total. The average Bonchev–Trinajstić information content (AvgIpc) is 2.56. The number of nitrogens with zero attached hydrogens (tertiary/aromatic N) is 1. The average molecular weight is 293 g/mol. The van der Waals surface area contributed by atoms with Gasteiger partial charge >= 0.3 is 0 Å². The fourth-order valence-corrected chi connectivity index (χ4v) is 3.04. The van der Waals surface area contributed by atoms with Gasteiger partial charge < -0.3 is 4.90 Å². The Balaban J connectivity index is 2.25. The molecule has 0 aliphatic rings. The molecule has 0 aliphatic carbocycles. The summed E-state index contributed by atoms with van der Waals surface area (Å²) in [7, 11) is 2.14. The van der Waals surface area contributed by atoms with E-state index in [1.54, 1.807) is 0 Å². The van der Waals surface area contributed by atoms with Gasteiger partial charge in [-0.25, -0.2) is 0 Å². The van der Waals surface area contributed by atoms with Crippen molar-refractivity contribution in [3.8, 4) is 0 Å². The molecule has 0 unspecified atom stereocenters. The molecule has 2 aromatic carbocycles. The van der Waals surface area contributed by atoms with Gasteiger partial charge in [-0.05, 0) is 47.6 Å². The zero-order valence-corrected chi connectivity index (χ0v) is 14.0. The van der Waals surface area contributed by atoms with Gasteiger partial charge in [0.1, 0.15) is 0 Å². The summed E-state index contributed by atoms with van der Waals surface area (Å²) >= 11 is 0. The van der Waals surface area contributed by atoms with Crippen LogP contribution in [0.25, 0.3) is 6.08 Å². The lowest BCUT2D eigenvalue weighted by atomic mass is 9.92. The lowest BCUT2D eigenvalue weighted by Crippen LogP contribution is -2.17. The highest BCUT2D eigenvalue weighted by Crippen LogP contribution is 2.29. The van der Waals surface area contributed by atoms with E-state index in [1.165, 1.54) is 35.2 Å². The highest BCUT2D eigenvalue weighted by Gasteiger charge is 2.11. The molecule has 0 spiro atoms. The van der Waals surface area contributed by atoms with Crippen molar-refractivity contribution in [3.05, 3.63) is 71.8 Å². The normalized spacial score (nSPS) is 10.7. The highest BCUT2D eigenvalue weighted by atomic mass is 15.1. The third-order valence-corrected chi connectivity index (χ3v) is 4.40. The Morgan fingerprint density at radius 2 is 1.73 bits per heavy atom. The molecule has 0 aromatic heterocycles. The zero-order valence-electron chi connectivity index (χ0n) is 14.0. The second-order valence-corrected chi connectivity index (χ2v) is 5.88. The SMILES string of the molecule is C=Cc1cc(C(CC)CC)ccc1N(C)Cc1ccccc1. The minimum atomic E-state index is 0.646.